The molecule has 5 nitrogen and oxygen atoms in total. The average Bonchev–Trinajstić information content (AvgIpc) is 2.61. The molecule has 0 bridgehead atoms. The summed E-state index contributed by atoms with van der Waals surface area (Å²) in [5, 5.41) is 14.5. The molecule has 2 aromatic carbocycles. The Bertz CT molecular complexity index is 1090. The third-order valence-electron chi connectivity index (χ3n) is 4.00. The van der Waals surface area contributed by atoms with Gasteiger partial charge in [0, 0.05) is 22.7 Å². The van der Waals surface area contributed by atoms with Crippen LogP contribution in [-0.2, 0) is 11.2 Å². The van der Waals surface area contributed by atoms with Gasteiger partial charge < -0.3 is 10.4 Å². The van der Waals surface area contributed by atoms with Crippen molar-refractivity contribution in [2.45, 2.75) is 6.42 Å². The standard InChI is InChI=1S/C20H15N3O2/c24-19(25)12-14-11-18(15-7-1-2-8-16(15)22-14)23-17-9-3-5-13-6-4-10-21-20(13)17/h1-11H,12H2,(H,22,23)(H,24,25). The molecule has 5 heteroatoms. The predicted molar refractivity (Wildman–Crippen MR) is 98.1 cm³/mol. The van der Waals surface area contributed by atoms with Crippen LogP contribution in [0.1, 0.15) is 5.69 Å². The van der Waals surface area contributed by atoms with Crippen molar-refractivity contribution in [3.05, 3.63) is 72.6 Å². The lowest BCUT2D eigenvalue weighted by atomic mass is 10.1. The van der Waals surface area contributed by atoms with Crippen LogP contribution in [0.4, 0.5) is 11.4 Å². The molecule has 0 saturated heterocycles. The summed E-state index contributed by atoms with van der Waals surface area (Å²) in [4.78, 5) is 20.0. The molecule has 0 aliphatic heterocycles. The Morgan fingerprint density at radius 3 is 2.72 bits per heavy atom. The predicted octanol–water partition coefficient (Wildman–Crippen LogP) is 4.15. The van der Waals surface area contributed by atoms with Crippen LogP contribution in [0.25, 0.3) is 21.8 Å². The van der Waals surface area contributed by atoms with E-state index in [0.717, 1.165) is 33.2 Å². The van der Waals surface area contributed by atoms with Crippen LogP contribution in [0.5, 0.6) is 0 Å². The Labute approximate surface area is 144 Å². The van der Waals surface area contributed by atoms with Gasteiger partial charge in [0.2, 0.25) is 0 Å². The third-order valence-corrected chi connectivity index (χ3v) is 4.00. The van der Waals surface area contributed by atoms with Gasteiger partial charge in [-0.2, -0.15) is 0 Å². The fourth-order valence-corrected chi connectivity index (χ4v) is 2.93. The molecule has 0 saturated carbocycles. The minimum Gasteiger partial charge on any atom is -0.481 e. The van der Waals surface area contributed by atoms with Crippen LogP contribution in [0, 0.1) is 0 Å². The number of hydrogen-bond acceptors (Lipinski definition) is 4. The van der Waals surface area contributed by atoms with Gasteiger partial charge in [-0.25, -0.2) is 0 Å². The number of carboxylic acid groups (broad SMARTS) is 1. The van der Waals surface area contributed by atoms with Gasteiger partial charge in [0.15, 0.2) is 0 Å². The number of rotatable bonds is 4. The van der Waals surface area contributed by atoms with E-state index < -0.39 is 5.97 Å². The average molecular weight is 329 g/mol. The van der Waals surface area contributed by atoms with Gasteiger partial charge in [-0.3, -0.25) is 14.8 Å². The van der Waals surface area contributed by atoms with Gasteiger partial charge in [-0.1, -0.05) is 36.4 Å². The van der Waals surface area contributed by atoms with E-state index in [-0.39, 0.29) is 6.42 Å². The molecule has 0 atom stereocenters. The molecule has 4 rings (SSSR count). The molecule has 0 amide bonds. The zero-order valence-corrected chi connectivity index (χ0v) is 13.3. The first-order chi connectivity index (χ1) is 12.2. The van der Waals surface area contributed by atoms with Crippen LogP contribution >= 0.6 is 0 Å². The summed E-state index contributed by atoms with van der Waals surface area (Å²) in [5.41, 5.74) is 3.83. The second-order valence-electron chi connectivity index (χ2n) is 5.75. The third kappa shape index (κ3) is 2.99. The molecule has 2 N–H and O–H groups in total. The number of aromatic nitrogens is 2. The number of nitrogens with one attached hydrogen (secondary N) is 1. The van der Waals surface area contributed by atoms with E-state index in [4.69, 9.17) is 5.11 Å². The minimum atomic E-state index is -0.902. The van der Waals surface area contributed by atoms with Crippen molar-refractivity contribution in [3.63, 3.8) is 0 Å². The monoisotopic (exact) mass is 329 g/mol. The molecule has 2 aromatic heterocycles. The Morgan fingerprint density at radius 1 is 1.00 bits per heavy atom. The zero-order valence-electron chi connectivity index (χ0n) is 13.3. The summed E-state index contributed by atoms with van der Waals surface area (Å²) in [6, 6.07) is 19.3. The maximum atomic E-state index is 11.1. The van der Waals surface area contributed by atoms with E-state index in [1.54, 1.807) is 12.3 Å². The largest absolute Gasteiger partial charge is 0.481 e. The lowest BCUT2D eigenvalue weighted by molar-refractivity contribution is -0.136. The lowest BCUT2D eigenvalue weighted by Gasteiger charge is -2.13. The number of anilines is 2. The van der Waals surface area contributed by atoms with Crippen LogP contribution in [0.2, 0.25) is 0 Å². The lowest BCUT2D eigenvalue weighted by Crippen LogP contribution is -2.04. The molecule has 0 radical (unpaired) electrons. The van der Waals surface area contributed by atoms with Crippen LogP contribution < -0.4 is 5.32 Å². The van der Waals surface area contributed by atoms with E-state index >= 15 is 0 Å². The van der Waals surface area contributed by atoms with Gasteiger partial charge >= 0.3 is 5.97 Å². The zero-order chi connectivity index (χ0) is 17.2. The van der Waals surface area contributed by atoms with Gasteiger partial charge in [-0.05, 0) is 24.3 Å². The van der Waals surface area contributed by atoms with Gasteiger partial charge in [0.05, 0.1) is 28.8 Å². The molecule has 122 valence electrons. The molecule has 0 spiro atoms. The summed E-state index contributed by atoms with van der Waals surface area (Å²) in [5.74, 6) is -0.902. The summed E-state index contributed by atoms with van der Waals surface area (Å²) in [6.07, 6.45) is 1.64. The molecule has 0 aliphatic carbocycles. The highest BCUT2D eigenvalue weighted by Crippen LogP contribution is 2.29. The quantitative estimate of drug-likeness (QED) is 0.588. The number of aliphatic carboxylic acids is 1. The van der Waals surface area contributed by atoms with Crippen molar-refractivity contribution in [1.82, 2.24) is 9.97 Å². The number of benzene rings is 2. The van der Waals surface area contributed by atoms with Crippen molar-refractivity contribution in [2.75, 3.05) is 5.32 Å². The molecule has 0 aliphatic rings. The second-order valence-corrected chi connectivity index (χ2v) is 5.75. The number of pyridine rings is 2. The highest BCUT2D eigenvalue weighted by atomic mass is 16.4. The highest BCUT2D eigenvalue weighted by molar-refractivity contribution is 5.98. The number of nitrogens with zero attached hydrogens (tertiary/aromatic N) is 2. The van der Waals surface area contributed by atoms with E-state index in [0.29, 0.717) is 5.69 Å². The number of para-hydroxylation sites is 2. The molecular formula is C20H15N3O2. The molecular weight excluding hydrogens is 314 g/mol. The summed E-state index contributed by atoms with van der Waals surface area (Å²) >= 11 is 0. The Morgan fingerprint density at radius 2 is 1.84 bits per heavy atom. The van der Waals surface area contributed by atoms with E-state index in [9.17, 15) is 4.79 Å². The normalized spacial score (nSPS) is 10.9. The summed E-state index contributed by atoms with van der Waals surface area (Å²) in [6.45, 7) is 0. The summed E-state index contributed by atoms with van der Waals surface area (Å²) < 4.78 is 0. The molecule has 4 aromatic rings. The topological polar surface area (TPSA) is 75.1 Å². The maximum absolute atomic E-state index is 11.1. The summed E-state index contributed by atoms with van der Waals surface area (Å²) in [7, 11) is 0. The number of fused-ring (bicyclic) bond motifs is 2. The van der Waals surface area contributed by atoms with Gasteiger partial charge in [0.1, 0.15) is 0 Å². The van der Waals surface area contributed by atoms with Crippen LogP contribution in [-0.4, -0.2) is 21.0 Å². The fourth-order valence-electron chi connectivity index (χ4n) is 2.93. The van der Waals surface area contributed by atoms with Crippen molar-refractivity contribution in [2.24, 2.45) is 0 Å². The molecule has 25 heavy (non-hydrogen) atoms. The fraction of sp³-hybridized carbons (Fsp3) is 0.0500. The van der Waals surface area contributed by atoms with E-state index in [1.165, 1.54) is 0 Å². The van der Waals surface area contributed by atoms with Crippen molar-refractivity contribution < 1.29 is 9.90 Å². The first-order valence-corrected chi connectivity index (χ1v) is 7.92. The van der Waals surface area contributed by atoms with Crippen molar-refractivity contribution in [1.29, 1.82) is 0 Å². The molecule has 0 unspecified atom stereocenters. The second kappa shape index (κ2) is 6.20. The Kier molecular flexibility index (Phi) is 3.74. The van der Waals surface area contributed by atoms with Crippen molar-refractivity contribution in [3.8, 4) is 0 Å². The van der Waals surface area contributed by atoms with Crippen LogP contribution in [0.3, 0.4) is 0 Å². The molecule has 0 fully saturated rings. The minimum absolute atomic E-state index is 0.118. The molecule has 2 heterocycles. The van der Waals surface area contributed by atoms with Crippen LogP contribution in [0.15, 0.2) is 66.9 Å². The number of hydrogen-bond donors (Lipinski definition) is 2. The van der Waals surface area contributed by atoms with E-state index in [1.807, 2.05) is 54.6 Å². The maximum Gasteiger partial charge on any atom is 0.309 e. The Hall–Kier alpha value is -3.47. The smallest absolute Gasteiger partial charge is 0.309 e. The first-order valence-electron chi connectivity index (χ1n) is 7.92. The van der Waals surface area contributed by atoms with Crippen molar-refractivity contribution >= 4 is 39.1 Å². The highest BCUT2D eigenvalue weighted by Gasteiger charge is 2.10. The first kappa shape index (κ1) is 15.1. The van der Waals surface area contributed by atoms with Gasteiger partial charge in [0.25, 0.3) is 0 Å². The van der Waals surface area contributed by atoms with Gasteiger partial charge in [-0.15, -0.1) is 0 Å². The Balaban J connectivity index is 1.86. The van der Waals surface area contributed by atoms with E-state index in [2.05, 4.69) is 15.3 Å². The number of carbonyl (C=O) groups is 1. The SMILES string of the molecule is O=C(O)Cc1cc(Nc2cccc3cccnc23)c2ccccc2n1. The number of carboxylic acids is 1.